The first kappa shape index (κ1) is 23.1. The summed E-state index contributed by atoms with van der Waals surface area (Å²) in [6.45, 7) is 6.47. The maximum atomic E-state index is 6.18. The van der Waals surface area contributed by atoms with Gasteiger partial charge in [-0.25, -0.2) is 0 Å². The Morgan fingerprint density at radius 2 is 2.00 bits per heavy atom. The van der Waals surface area contributed by atoms with Gasteiger partial charge in [0.25, 0.3) is 0 Å². The van der Waals surface area contributed by atoms with Gasteiger partial charge in [-0.2, -0.15) is 0 Å². The number of nitrogens with one attached hydrogen (secondary N) is 2. The Bertz CT molecular complexity index is 805. The Morgan fingerprint density at radius 1 is 1.13 bits per heavy atom. The van der Waals surface area contributed by atoms with E-state index in [4.69, 9.17) is 14.2 Å². The Morgan fingerprint density at radius 3 is 2.77 bits per heavy atom. The van der Waals surface area contributed by atoms with Crippen molar-refractivity contribution < 1.29 is 14.2 Å². The molecule has 2 N–H and O–H groups in total. The number of aliphatic imine (C=N–C) groups is 1. The Hall–Kier alpha value is -2.57. The van der Waals surface area contributed by atoms with E-state index in [9.17, 15) is 0 Å². The molecule has 1 atom stereocenters. The van der Waals surface area contributed by atoms with Crippen LogP contribution in [-0.4, -0.2) is 45.5 Å². The topological polar surface area (TPSA) is 64.1 Å². The summed E-state index contributed by atoms with van der Waals surface area (Å²) in [5, 5.41) is 6.77. The second-order valence-electron chi connectivity index (χ2n) is 7.81. The van der Waals surface area contributed by atoms with Gasteiger partial charge in [-0.15, -0.1) is 0 Å². The maximum absolute atomic E-state index is 6.18. The van der Waals surface area contributed by atoms with Crippen LogP contribution < -0.4 is 15.4 Å². The van der Waals surface area contributed by atoms with Crippen LogP contribution in [-0.2, 0) is 22.6 Å². The molecule has 168 valence electrons. The Kier molecular flexibility index (Phi) is 9.67. The van der Waals surface area contributed by atoms with E-state index in [0.29, 0.717) is 19.8 Å². The van der Waals surface area contributed by atoms with E-state index in [1.54, 1.807) is 7.05 Å². The van der Waals surface area contributed by atoms with Crippen LogP contribution in [0.25, 0.3) is 0 Å². The Labute approximate surface area is 186 Å². The van der Waals surface area contributed by atoms with Gasteiger partial charge >= 0.3 is 0 Å². The fourth-order valence-electron chi connectivity index (χ4n) is 3.40. The lowest BCUT2D eigenvalue weighted by Crippen LogP contribution is -2.37. The monoisotopic (exact) mass is 425 g/mol. The number of rotatable bonds is 11. The molecule has 0 saturated carbocycles. The molecule has 0 amide bonds. The second-order valence-corrected chi connectivity index (χ2v) is 7.81. The molecule has 0 bridgehead atoms. The van der Waals surface area contributed by atoms with Crippen molar-refractivity contribution in [2.45, 2.75) is 45.4 Å². The van der Waals surface area contributed by atoms with Crippen LogP contribution in [0.3, 0.4) is 0 Å². The molecule has 1 heterocycles. The molecule has 0 radical (unpaired) electrons. The molecule has 1 aliphatic heterocycles. The van der Waals surface area contributed by atoms with Crippen molar-refractivity contribution in [3.63, 3.8) is 0 Å². The van der Waals surface area contributed by atoms with Crippen molar-refractivity contribution in [3.8, 4) is 5.75 Å². The van der Waals surface area contributed by atoms with Gasteiger partial charge in [0, 0.05) is 38.7 Å². The molecular weight excluding hydrogens is 390 g/mol. The highest BCUT2D eigenvalue weighted by atomic mass is 16.5. The molecule has 6 nitrogen and oxygen atoms in total. The lowest BCUT2D eigenvalue weighted by atomic mass is 10.1. The van der Waals surface area contributed by atoms with Crippen molar-refractivity contribution >= 4 is 5.96 Å². The second kappa shape index (κ2) is 13.0. The number of hydrogen-bond acceptors (Lipinski definition) is 4. The number of aryl methyl sites for hydroxylation is 1. The first-order valence-electron chi connectivity index (χ1n) is 11.1. The summed E-state index contributed by atoms with van der Waals surface area (Å²) in [6.07, 6.45) is 3.12. The summed E-state index contributed by atoms with van der Waals surface area (Å²) < 4.78 is 17.4. The maximum Gasteiger partial charge on any atom is 0.191 e. The average molecular weight is 426 g/mol. The number of ether oxygens (including phenoxy) is 3. The molecule has 1 saturated heterocycles. The van der Waals surface area contributed by atoms with Gasteiger partial charge in [-0.1, -0.05) is 42.5 Å². The van der Waals surface area contributed by atoms with E-state index in [1.165, 1.54) is 11.1 Å². The summed E-state index contributed by atoms with van der Waals surface area (Å²) in [5.41, 5.74) is 3.52. The molecule has 31 heavy (non-hydrogen) atoms. The van der Waals surface area contributed by atoms with Crippen LogP contribution in [0.2, 0.25) is 0 Å². The number of benzene rings is 2. The standard InChI is InChI=1S/C25H35N3O3/c1-20-10-11-22(24(16-20)31-23-12-15-30-19-23)17-28-25(26-2)27-13-6-7-14-29-18-21-8-4-3-5-9-21/h3-5,8-11,16,23H,6-7,12-15,17-19H2,1-2H3,(H2,26,27,28). The fraction of sp³-hybridized carbons (Fsp3) is 0.480. The zero-order chi connectivity index (χ0) is 21.7. The molecule has 0 aliphatic carbocycles. The van der Waals surface area contributed by atoms with Crippen molar-refractivity contribution in [1.29, 1.82) is 0 Å². The van der Waals surface area contributed by atoms with Crippen LogP contribution in [0.15, 0.2) is 53.5 Å². The van der Waals surface area contributed by atoms with Gasteiger partial charge in [0.1, 0.15) is 11.9 Å². The predicted octanol–water partition coefficient (Wildman–Crippen LogP) is 3.82. The zero-order valence-electron chi connectivity index (χ0n) is 18.7. The van der Waals surface area contributed by atoms with Gasteiger partial charge in [-0.3, -0.25) is 4.99 Å². The average Bonchev–Trinajstić information content (AvgIpc) is 3.30. The van der Waals surface area contributed by atoms with Crippen molar-refractivity contribution in [3.05, 3.63) is 65.2 Å². The molecular formula is C25H35N3O3. The third kappa shape index (κ3) is 8.23. The highest BCUT2D eigenvalue weighted by Gasteiger charge is 2.18. The molecule has 0 aromatic heterocycles. The van der Waals surface area contributed by atoms with E-state index in [2.05, 4.69) is 52.9 Å². The van der Waals surface area contributed by atoms with Crippen molar-refractivity contribution in [1.82, 2.24) is 10.6 Å². The van der Waals surface area contributed by atoms with E-state index < -0.39 is 0 Å². The van der Waals surface area contributed by atoms with Gasteiger partial charge < -0.3 is 24.8 Å². The van der Waals surface area contributed by atoms with Gasteiger partial charge in [0.15, 0.2) is 5.96 Å². The largest absolute Gasteiger partial charge is 0.488 e. The summed E-state index contributed by atoms with van der Waals surface area (Å²) in [5.74, 6) is 1.72. The number of nitrogens with zero attached hydrogens (tertiary/aromatic N) is 1. The minimum Gasteiger partial charge on any atom is -0.488 e. The molecule has 2 aromatic rings. The SMILES string of the molecule is CN=C(NCCCCOCc1ccccc1)NCc1ccc(C)cc1OC1CCOC1. The quantitative estimate of drug-likeness (QED) is 0.326. The molecule has 1 aliphatic rings. The Balaban J connectivity index is 1.34. The normalized spacial score (nSPS) is 16.3. The first-order valence-corrected chi connectivity index (χ1v) is 11.1. The minimum absolute atomic E-state index is 0.141. The summed E-state index contributed by atoms with van der Waals surface area (Å²) >= 11 is 0. The molecule has 6 heteroatoms. The van der Waals surface area contributed by atoms with Gasteiger partial charge in [-0.05, 0) is 37.0 Å². The lowest BCUT2D eigenvalue weighted by Gasteiger charge is -2.18. The number of hydrogen-bond donors (Lipinski definition) is 2. The third-order valence-electron chi connectivity index (χ3n) is 5.19. The molecule has 1 unspecified atom stereocenters. The molecule has 2 aromatic carbocycles. The predicted molar refractivity (Wildman–Crippen MR) is 125 cm³/mol. The summed E-state index contributed by atoms with van der Waals surface area (Å²) in [4.78, 5) is 4.33. The molecule has 0 spiro atoms. The smallest absolute Gasteiger partial charge is 0.191 e. The third-order valence-corrected chi connectivity index (χ3v) is 5.19. The number of unbranched alkanes of at least 4 members (excludes halogenated alkanes) is 1. The first-order chi connectivity index (χ1) is 15.2. The van der Waals surface area contributed by atoms with Crippen molar-refractivity contribution in [2.24, 2.45) is 4.99 Å². The van der Waals surface area contributed by atoms with E-state index >= 15 is 0 Å². The zero-order valence-corrected chi connectivity index (χ0v) is 18.7. The van der Waals surface area contributed by atoms with Crippen LogP contribution in [0.1, 0.15) is 36.0 Å². The van der Waals surface area contributed by atoms with Crippen LogP contribution in [0.4, 0.5) is 0 Å². The number of guanidine groups is 1. The van der Waals surface area contributed by atoms with E-state index in [0.717, 1.165) is 56.3 Å². The van der Waals surface area contributed by atoms with Gasteiger partial charge in [0.05, 0.1) is 19.8 Å². The highest BCUT2D eigenvalue weighted by Crippen LogP contribution is 2.23. The molecule has 1 fully saturated rings. The summed E-state index contributed by atoms with van der Waals surface area (Å²) in [7, 11) is 1.79. The lowest BCUT2D eigenvalue weighted by molar-refractivity contribution is 0.117. The van der Waals surface area contributed by atoms with Crippen molar-refractivity contribution in [2.75, 3.05) is 33.4 Å². The van der Waals surface area contributed by atoms with Crippen LogP contribution >= 0.6 is 0 Å². The van der Waals surface area contributed by atoms with E-state index in [-0.39, 0.29) is 6.10 Å². The minimum atomic E-state index is 0.141. The fourth-order valence-corrected chi connectivity index (χ4v) is 3.40. The van der Waals surface area contributed by atoms with E-state index in [1.807, 2.05) is 18.2 Å². The van der Waals surface area contributed by atoms with Crippen LogP contribution in [0.5, 0.6) is 5.75 Å². The molecule has 3 rings (SSSR count). The van der Waals surface area contributed by atoms with Crippen LogP contribution in [0, 0.1) is 6.92 Å². The van der Waals surface area contributed by atoms with Gasteiger partial charge in [0.2, 0.25) is 0 Å². The summed E-state index contributed by atoms with van der Waals surface area (Å²) in [6, 6.07) is 16.6. The highest BCUT2D eigenvalue weighted by molar-refractivity contribution is 5.79.